The molecule has 9 nitrogen and oxygen atoms in total. The first kappa shape index (κ1) is 33.0. The number of aliphatic hydroxyl groups excluding tert-OH is 5. The lowest BCUT2D eigenvalue weighted by molar-refractivity contribution is -0.290. The fraction of sp³-hybridized carbons (Fsp3) is 1.00. The highest BCUT2D eigenvalue weighted by Gasteiger charge is 2.70. The van der Waals surface area contributed by atoms with Gasteiger partial charge in [-0.2, -0.15) is 0 Å². The number of aliphatic hydroxyl groups is 6. The van der Waals surface area contributed by atoms with E-state index in [9.17, 15) is 30.6 Å². The molecule has 1 heterocycles. The van der Waals surface area contributed by atoms with Crippen LogP contribution in [0.1, 0.15) is 92.4 Å². The summed E-state index contributed by atoms with van der Waals surface area (Å²) in [5.41, 5.74) is -1.63. The summed E-state index contributed by atoms with van der Waals surface area (Å²) >= 11 is 0. The van der Waals surface area contributed by atoms with Gasteiger partial charge in [-0.15, -0.1) is 0 Å². The van der Waals surface area contributed by atoms with Gasteiger partial charge in [0.05, 0.1) is 36.6 Å². The van der Waals surface area contributed by atoms with Crippen molar-refractivity contribution in [3.05, 3.63) is 0 Å². The molecule has 244 valence electrons. The average Bonchev–Trinajstić information content (AvgIpc) is 3.19. The Labute approximate surface area is 251 Å². The molecule has 5 aliphatic rings. The first-order chi connectivity index (χ1) is 19.7. The fourth-order valence-corrected chi connectivity index (χ4v) is 10.9. The van der Waals surface area contributed by atoms with Gasteiger partial charge in [-0.3, -0.25) is 0 Å². The molecule has 0 bridgehead atoms. The Morgan fingerprint density at radius 3 is 2.24 bits per heavy atom. The van der Waals surface area contributed by atoms with Crippen LogP contribution in [0.15, 0.2) is 0 Å². The lowest BCUT2D eigenvalue weighted by atomic mass is 9.42. The third kappa shape index (κ3) is 5.41. The van der Waals surface area contributed by atoms with Gasteiger partial charge in [-0.05, 0) is 91.8 Å². The van der Waals surface area contributed by atoms with Gasteiger partial charge in [-0.1, -0.05) is 34.6 Å². The maximum absolute atomic E-state index is 12.5. The summed E-state index contributed by atoms with van der Waals surface area (Å²) in [5.74, 6) is 0.355. The molecule has 1 saturated heterocycles. The molecule has 0 unspecified atom stereocenters. The van der Waals surface area contributed by atoms with Crippen LogP contribution in [0.2, 0.25) is 0 Å². The highest BCUT2D eigenvalue weighted by atomic mass is 16.7. The zero-order chi connectivity index (χ0) is 30.8. The van der Waals surface area contributed by atoms with E-state index < -0.39 is 42.4 Å². The minimum absolute atomic E-state index is 0.00256. The van der Waals surface area contributed by atoms with E-state index >= 15 is 0 Å². The molecular weight excluding hydrogens is 540 g/mol. The number of hydrogen-bond donors (Lipinski definition) is 6. The summed E-state index contributed by atoms with van der Waals surface area (Å²) in [6.45, 7) is 10.9. The van der Waals surface area contributed by atoms with Gasteiger partial charge in [0.1, 0.15) is 18.3 Å². The maximum atomic E-state index is 12.5. The first-order valence-corrected chi connectivity index (χ1v) is 16.6. The summed E-state index contributed by atoms with van der Waals surface area (Å²) in [6, 6.07) is 0. The molecule has 5 fully saturated rings. The van der Waals surface area contributed by atoms with Crippen LogP contribution in [0.5, 0.6) is 0 Å². The van der Waals surface area contributed by atoms with Gasteiger partial charge in [0.25, 0.3) is 0 Å². The van der Waals surface area contributed by atoms with Gasteiger partial charge < -0.3 is 44.8 Å². The second kappa shape index (κ2) is 12.1. The molecule has 0 aromatic carbocycles. The van der Waals surface area contributed by atoms with E-state index in [0.717, 1.165) is 32.1 Å². The lowest BCUT2D eigenvalue weighted by Crippen LogP contribution is -2.68. The van der Waals surface area contributed by atoms with Crippen molar-refractivity contribution in [2.75, 3.05) is 13.7 Å². The lowest BCUT2D eigenvalue weighted by Gasteiger charge is -2.66. The van der Waals surface area contributed by atoms with Crippen LogP contribution in [-0.4, -0.2) is 99.0 Å². The van der Waals surface area contributed by atoms with E-state index in [-0.39, 0.29) is 71.6 Å². The first-order valence-electron chi connectivity index (χ1n) is 16.6. The van der Waals surface area contributed by atoms with Gasteiger partial charge in [0, 0.05) is 19.4 Å². The van der Waals surface area contributed by atoms with Crippen LogP contribution in [0.3, 0.4) is 0 Å². The number of methoxy groups -OCH3 is 1. The summed E-state index contributed by atoms with van der Waals surface area (Å²) in [4.78, 5) is 0. The molecule has 16 atom stereocenters. The number of ether oxygens (including phenoxy) is 3. The van der Waals surface area contributed by atoms with Crippen molar-refractivity contribution in [3.63, 3.8) is 0 Å². The van der Waals surface area contributed by atoms with Gasteiger partial charge >= 0.3 is 0 Å². The number of hydrogen-bond acceptors (Lipinski definition) is 9. The van der Waals surface area contributed by atoms with Gasteiger partial charge in [0.2, 0.25) is 0 Å². The Kier molecular flexibility index (Phi) is 9.51. The Hall–Kier alpha value is -0.360. The molecule has 0 amide bonds. The summed E-state index contributed by atoms with van der Waals surface area (Å²) in [5, 5.41) is 66.7. The fourth-order valence-electron chi connectivity index (χ4n) is 10.9. The van der Waals surface area contributed by atoms with Crippen molar-refractivity contribution in [2.45, 2.75) is 147 Å². The molecule has 6 N–H and O–H groups in total. The largest absolute Gasteiger partial charge is 0.393 e. The van der Waals surface area contributed by atoms with Crippen molar-refractivity contribution in [3.8, 4) is 0 Å². The van der Waals surface area contributed by atoms with Crippen LogP contribution >= 0.6 is 0 Å². The third-order valence-corrected chi connectivity index (χ3v) is 13.1. The van der Waals surface area contributed by atoms with Gasteiger partial charge in [0.15, 0.2) is 6.29 Å². The number of fused-ring (bicyclic) bond motifs is 5. The molecule has 42 heavy (non-hydrogen) atoms. The Morgan fingerprint density at radius 2 is 1.57 bits per heavy atom. The molecule has 0 aromatic rings. The van der Waals surface area contributed by atoms with Crippen LogP contribution in [0.25, 0.3) is 0 Å². The van der Waals surface area contributed by atoms with Crippen molar-refractivity contribution in [1.29, 1.82) is 0 Å². The average molecular weight is 599 g/mol. The Balaban J connectivity index is 1.28. The van der Waals surface area contributed by atoms with E-state index in [2.05, 4.69) is 34.6 Å². The van der Waals surface area contributed by atoms with E-state index in [0.29, 0.717) is 19.3 Å². The molecule has 4 aliphatic carbocycles. The molecular formula is C33H58O9. The van der Waals surface area contributed by atoms with E-state index in [1.165, 1.54) is 7.11 Å². The minimum Gasteiger partial charge on any atom is -0.393 e. The van der Waals surface area contributed by atoms with Crippen molar-refractivity contribution < 1.29 is 44.8 Å². The monoisotopic (exact) mass is 598 g/mol. The Morgan fingerprint density at radius 1 is 0.881 bits per heavy atom. The molecule has 0 radical (unpaired) electrons. The predicted molar refractivity (Wildman–Crippen MR) is 156 cm³/mol. The minimum atomic E-state index is -1.13. The quantitative estimate of drug-likeness (QED) is 0.248. The SMILES string of the molecule is CO[C@@H]1[C@@H](O)[C@H](O[C@@H](CC[C@@H](C)[C@H]2C[C@@H](O)[C@@H]3[C@]2(C)CC[C@@H]2[C@@]4(C)CC[C@H](O)C[C@H]4[C@@H](O)C[C@]23O)C(C)C)OC[C@H]1O. The summed E-state index contributed by atoms with van der Waals surface area (Å²) in [7, 11) is 1.46. The van der Waals surface area contributed by atoms with Crippen LogP contribution in [0, 0.1) is 46.3 Å². The van der Waals surface area contributed by atoms with Gasteiger partial charge in [-0.25, -0.2) is 0 Å². The van der Waals surface area contributed by atoms with Crippen LogP contribution in [-0.2, 0) is 14.2 Å². The predicted octanol–water partition coefficient (Wildman–Crippen LogP) is 2.61. The van der Waals surface area contributed by atoms with E-state index in [1.54, 1.807) is 0 Å². The zero-order valence-electron chi connectivity index (χ0n) is 26.6. The van der Waals surface area contributed by atoms with E-state index in [1.807, 2.05) is 0 Å². The standard InChI is InChI=1S/C33H58O9/c1-17(2)25(42-30-27(38)28(40-6)24(37)16-41-30)8-7-18(3)20-14-22(35)29-32(20,5)12-10-26-31(4)11-9-19(34)13-21(31)23(36)15-33(26,29)39/h17-30,34-39H,7-16H2,1-6H3/t18-,19+,20-,21+,22-,23+,24-,25+,26-,27-,28+,29-,30+,31+,32-,33+/m1/s1. The smallest absolute Gasteiger partial charge is 0.186 e. The maximum Gasteiger partial charge on any atom is 0.186 e. The normalized spacial score (nSPS) is 52.4. The molecule has 4 saturated carbocycles. The third-order valence-electron chi connectivity index (χ3n) is 13.1. The molecule has 0 aromatic heterocycles. The highest BCUT2D eigenvalue weighted by Crippen LogP contribution is 2.69. The summed E-state index contributed by atoms with van der Waals surface area (Å²) in [6.07, 6.45) is 0.929. The molecule has 9 heteroatoms. The highest BCUT2D eigenvalue weighted by molar-refractivity contribution is 5.20. The molecule has 0 spiro atoms. The van der Waals surface area contributed by atoms with Crippen LogP contribution < -0.4 is 0 Å². The molecule has 5 rings (SSSR count). The Bertz CT molecular complexity index is 933. The number of rotatable bonds is 8. The topological polar surface area (TPSA) is 149 Å². The van der Waals surface area contributed by atoms with Crippen LogP contribution in [0.4, 0.5) is 0 Å². The second-order valence-corrected chi connectivity index (χ2v) is 15.7. The van der Waals surface area contributed by atoms with Crippen molar-refractivity contribution in [1.82, 2.24) is 0 Å². The molecule has 1 aliphatic heterocycles. The van der Waals surface area contributed by atoms with Crippen molar-refractivity contribution in [2.24, 2.45) is 46.3 Å². The summed E-state index contributed by atoms with van der Waals surface area (Å²) < 4.78 is 17.2. The van der Waals surface area contributed by atoms with E-state index in [4.69, 9.17) is 14.2 Å². The second-order valence-electron chi connectivity index (χ2n) is 15.7. The zero-order valence-corrected chi connectivity index (χ0v) is 26.6. The van der Waals surface area contributed by atoms with Crippen molar-refractivity contribution >= 4 is 0 Å².